The first kappa shape index (κ1) is 15.8. The van der Waals surface area contributed by atoms with Gasteiger partial charge in [-0.1, -0.05) is 6.07 Å². The molecule has 2 rings (SSSR count). The van der Waals surface area contributed by atoms with Crippen molar-refractivity contribution in [2.75, 3.05) is 13.2 Å². The molecule has 1 heterocycles. The Morgan fingerprint density at radius 3 is 2.67 bits per heavy atom. The number of benzene rings is 1. The van der Waals surface area contributed by atoms with Crippen molar-refractivity contribution in [2.45, 2.75) is 45.8 Å². The Balaban J connectivity index is 1.79. The molecule has 5 nitrogen and oxygen atoms in total. The summed E-state index contributed by atoms with van der Waals surface area (Å²) in [6.45, 7) is 8.04. The first-order chi connectivity index (χ1) is 10.1. The van der Waals surface area contributed by atoms with Crippen LogP contribution < -0.4 is 11.0 Å². The number of hydrogen-bond acceptors (Lipinski definition) is 3. The Labute approximate surface area is 125 Å². The summed E-state index contributed by atoms with van der Waals surface area (Å²) in [6, 6.07) is 6.27. The third-order valence-electron chi connectivity index (χ3n) is 3.51. The Bertz CT molecular complexity index is 615. The maximum atomic E-state index is 11.3. The average Bonchev–Trinajstić information content (AvgIpc) is 2.81. The number of ether oxygens (including phenoxy) is 1. The van der Waals surface area contributed by atoms with Gasteiger partial charge >= 0.3 is 5.69 Å². The molecule has 1 unspecified atom stereocenters. The van der Waals surface area contributed by atoms with Crippen LogP contribution in [-0.2, 0) is 4.74 Å². The molecular weight excluding hydrogens is 266 g/mol. The summed E-state index contributed by atoms with van der Waals surface area (Å²) in [5.41, 5.74) is 2.72. The normalized spacial score (nSPS) is 13.1. The number of rotatable bonds is 8. The maximum absolute atomic E-state index is 11.3. The number of nitrogens with one attached hydrogen (secondary N) is 3. The fourth-order valence-electron chi connectivity index (χ4n) is 2.30. The topological polar surface area (TPSA) is 69.9 Å². The Morgan fingerprint density at radius 2 is 1.90 bits per heavy atom. The van der Waals surface area contributed by atoms with E-state index in [0.29, 0.717) is 6.10 Å². The van der Waals surface area contributed by atoms with Gasteiger partial charge < -0.3 is 20.0 Å². The molecule has 0 fully saturated rings. The Hall–Kier alpha value is -1.59. The number of H-pyrrole nitrogens is 2. The second kappa shape index (κ2) is 7.43. The third kappa shape index (κ3) is 4.72. The van der Waals surface area contributed by atoms with Crippen LogP contribution >= 0.6 is 0 Å². The van der Waals surface area contributed by atoms with Crippen LogP contribution in [0.25, 0.3) is 11.0 Å². The molecule has 1 atom stereocenters. The second-order valence-electron chi connectivity index (χ2n) is 5.69. The summed E-state index contributed by atoms with van der Waals surface area (Å²) >= 11 is 0. The zero-order chi connectivity index (χ0) is 15.2. The lowest BCUT2D eigenvalue weighted by atomic mass is 10.1. The molecule has 0 spiro atoms. The van der Waals surface area contributed by atoms with Gasteiger partial charge in [-0.15, -0.1) is 0 Å². The van der Waals surface area contributed by atoms with Crippen LogP contribution in [0.15, 0.2) is 23.0 Å². The number of imidazole rings is 1. The van der Waals surface area contributed by atoms with Gasteiger partial charge in [0.05, 0.1) is 17.1 Å². The molecule has 0 amide bonds. The number of unbranched alkanes of at least 4 members (excludes halogenated alkanes) is 1. The van der Waals surface area contributed by atoms with Gasteiger partial charge in [-0.25, -0.2) is 4.79 Å². The quantitative estimate of drug-likeness (QED) is 0.655. The van der Waals surface area contributed by atoms with Gasteiger partial charge in [0.25, 0.3) is 0 Å². The number of hydrogen-bond donors (Lipinski definition) is 3. The highest BCUT2D eigenvalue weighted by molar-refractivity contribution is 5.75. The lowest BCUT2D eigenvalue weighted by Gasteiger charge is -2.14. The smallest absolute Gasteiger partial charge is 0.323 e. The highest BCUT2D eigenvalue weighted by Crippen LogP contribution is 2.16. The van der Waals surface area contributed by atoms with Gasteiger partial charge in [-0.2, -0.15) is 0 Å². The average molecular weight is 291 g/mol. The standard InChI is InChI=1S/C16H25N3O2/c1-11(2)21-9-5-4-8-17-12(3)13-6-7-14-15(10-13)19-16(20)18-14/h6-7,10-12,17H,4-5,8-9H2,1-3H3,(H2,18,19,20). The van der Waals surface area contributed by atoms with E-state index in [1.807, 2.05) is 18.2 Å². The van der Waals surface area contributed by atoms with Crippen molar-refractivity contribution in [3.63, 3.8) is 0 Å². The van der Waals surface area contributed by atoms with Crippen molar-refractivity contribution < 1.29 is 4.74 Å². The van der Waals surface area contributed by atoms with E-state index in [4.69, 9.17) is 4.74 Å². The number of aromatic nitrogens is 2. The Kier molecular flexibility index (Phi) is 5.59. The molecule has 0 aliphatic heterocycles. The largest absolute Gasteiger partial charge is 0.379 e. The van der Waals surface area contributed by atoms with E-state index in [2.05, 4.69) is 36.1 Å². The maximum Gasteiger partial charge on any atom is 0.323 e. The molecule has 21 heavy (non-hydrogen) atoms. The van der Waals surface area contributed by atoms with Crippen LogP contribution in [0.1, 0.15) is 45.2 Å². The van der Waals surface area contributed by atoms with Crippen molar-refractivity contribution in [3.8, 4) is 0 Å². The van der Waals surface area contributed by atoms with E-state index in [1.54, 1.807) is 0 Å². The molecule has 5 heteroatoms. The van der Waals surface area contributed by atoms with Crippen LogP contribution in [0.2, 0.25) is 0 Å². The summed E-state index contributed by atoms with van der Waals surface area (Å²) < 4.78 is 5.52. The van der Waals surface area contributed by atoms with Gasteiger partial charge in [0.2, 0.25) is 0 Å². The minimum atomic E-state index is -0.159. The van der Waals surface area contributed by atoms with Crippen molar-refractivity contribution in [1.82, 2.24) is 15.3 Å². The molecule has 116 valence electrons. The minimum Gasteiger partial charge on any atom is -0.379 e. The second-order valence-corrected chi connectivity index (χ2v) is 5.69. The molecule has 3 N–H and O–H groups in total. The molecule has 0 aliphatic rings. The van der Waals surface area contributed by atoms with E-state index in [-0.39, 0.29) is 11.7 Å². The molecule has 0 saturated heterocycles. The van der Waals surface area contributed by atoms with Crippen molar-refractivity contribution >= 4 is 11.0 Å². The summed E-state index contributed by atoms with van der Waals surface area (Å²) in [5.74, 6) is 0. The van der Waals surface area contributed by atoms with Crippen molar-refractivity contribution in [1.29, 1.82) is 0 Å². The molecule has 0 saturated carbocycles. The Morgan fingerprint density at radius 1 is 1.14 bits per heavy atom. The molecule has 0 radical (unpaired) electrons. The first-order valence-corrected chi connectivity index (χ1v) is 7.63. The molecular formula is C16H25N3O2. The molecule has 1 aromatic heterocycles. The molecule has 1 aromatic carbocycles. The zero-order valence-corrected chi connectivity index (χ0v) is 13.0. The van der Waals surface area contributed by atoms with Gasteiger partial charge in [-0.3, -0.25) is 0 Å². The first-order valence-electron chi connectivity index (χ1n) is 7.63. The summed E-state index contributed by atoms with van der Waals surface area (Å²) in [4.78, 5) is 16.8. The van der Waals surface area contributed by atoms with Gasteiger partial charge in [0, 0.05) is 12.6 Å². The van der Waals surface area contributed by atoms with Crippen LogP contribution in [0, 0.1) is 0 Å². The molecule has 0 aliphatic carbocycles. The molecule has 0 bridgehead atoms. The lowest BCUT2D eigenvalue weighted by Crippen LogP contribution is -2.20. The lowest BCUT2D eigenvalue weighted by molar-refractivity contribution is 0.0759. The molecule has 2 aromatic rings. The number of fused-ring (bicyclic) bond motifs is 1. The predicted octanol–water partition coefficient (Wildman–Crippen LogP) is 2.71. The van der Waals surface area contributed by atoms with Crippen LogP contribution in [-0.4, -0.2) is 29.2 Å². The van der Waals surface area contributed by atoms with Gasteiger partial charge in [-0.05, 0) is 57.9 Å². The van der Waals surface area contributed by atoms with Gasteiger partial charge in [0.15, 0.2) is 0 Å². The highest BCUT2D eigenvalue weighted by atomic mass is 16.5. The van der Waals surface area contributed by atoms with Crippen LogP contribution in [0.4, 0.5) is 0 Å². The predicted molar refractivity (Wildman–Crippen MR) is 85.7 cm³/mol. The fourth-order valence-corrected chi connectivity index (χ4v) is 2.30. The minimum absolute atomic E-state index is 0.159. The zero-order valence-electron chi connectivity index (χ0n) is 13.0. The van der Waals surface area contributed by atoms with E-state index >= 15 is 0 Å². The number of aromatic amines is 2. The monoisotopic (exact) mass is 291 g/mol. The van der Waals surface area contributed by atoms with E-state index in [9.17, 15) is 4.79 Å². The third-order valence-corrected chi connectivity index (χ3v) is 3.51. The van der Waals surface area contributed by atoms with Crippen LogP contribution in [0.3, 0.4) is 0 Å². The van der Waals surface area contributed by atoms with E-state index in [1.165, 1.54) is 5.56 Å². The summed E-state index contributed by atoms with van der Waals surface area (Å²) in [5, 5.41) is 3.50. The highest BCUT2D eigenvalue weighted by Gasteiger charge is 2.06. The van der Waals surface area contributed by atoms with Crippen molar-refractivity contribution in [3.05, 3.63) is 34.2 Å². The summed E-state index contributed by atoms with van der Waals surface area (Å²) in [6.07, 6.45) is 2.48. The van der Waals surface area contributed by atoms with Gasteiger partial charge in [0.1, 0.15) is 0 Å². The SMILES string of the molecule is CC(C)OCCCCNC(C)c1ccc2[nH]c(=O)[nH]c2c1. The van der Waals surface area contributed by atoms with E-state index < -0.39 is 0 Å². The van der Waals surface area contributed by atoms with Crippen molar-refractivity contribution in [2.24, 2.45) is 0 Å². The summed E-state index contributed by atoms with van der Waals surface area (Å²) in [7, 11) is 0. The van der Waals surface area contributed by atoms with Crippen LogP contribution in [0.5, 0.6) is 0 Å². The van der Waals surface area contributed by atoms with E-state index in [0.717, 1.165) is 37.0 Å². The fraction of sp³-hybridized carbons (Fsp3) is 0.562.